The van der Waals surface area contributed by atoms with Crippen molar-refractivity contribution >= 4 is 28.8 Å². The first-order chi connectivity index (χ1) is 13.0. The number of carbonyl (C=O) groups excluding carboxylic acids is 2. The molecular formula is C19H20N4O4. The predicted octanol–water partition coefficient (Wildman–Crippen LogP) is 2.49. The Morgan fingerprint density at radius 1 is 1.15 bits per heavy atom. The number of hydrogen-bond acceptors (Lipinski definition) is 5. The molecule has 2 aromatic heterocycles. The van der Waals surface area contributed by atoms with E-state index in [9.17, 15) is 9.59 Å². The van der Waals surface area contributed by atoms with Crippen molar-refractivity contribution in [2.45, 2.75) is 6.92 Å². The van der Waals surface area contributed by atoms with E-state index in [1.54, 1.807) is 28.8 Å². The molecule has 2 heterocycles. The molecule has 0 saturated carbocycles. The molecule has 0 radical (unpaired) electrons. The predicted molar refractivity (Wildman–Crippen MR) is 101 cm³/mol. The number of rotatable bonds is 6. The van der Waals surface area contributed by atoms with Crippen molar-refractivity contribution in [1.29, 1.82) is 0 Å². The molecular weight excluding hydrogens is 348 g/mol. The van der Waals surface area contributed by atoms with Gasteiger partial charge in [-0.15, -0.1) is 0 Å². The van der Waals surface area contributed by atoms with Crippen LogP contribution in [-0.4, -0.2) is 42.0 Å². The lowest BCUT2D eigenvalue weighted by Gasteiger charge is -2.12. The minimum atomic E-state index is -0.338. The Labute approximate surface area is 156 Å². The topological polar surface area (TPSA) is 94.0 Å². The van der Waals surface area contributed by atoms with E-state index in [4.69, 9.17) is 9.47 Å². The summed E-state index contributed by atoms with van der Waals surface area (Å²) >= 11 is 0. The molecule has 0 fully saturated rings. The van der Waals surface area contributed by atoms with Crippen molar-refractivity contribution in [3.63, 3.8) is 0 Å². The van der Waals surface area contributed by atoms with Gasteiger partial charge in [-0.3, -0.25) is 9.59 Å². The molecule has 0 aliphatic heterocycles. The van der Waals surface area contributed by atoms with Crippen LogP contribution in [0.5, 0.6) is 5.75 Å². The Morgan fingerprint density at radius 3 is 2.70 bits per heavy atom. The Bertz CT molecular complexity index is 997. The molecule has 0 saturated heterocycles. The standard InChI is InChI=1S/C19H20N4O4/c1-12-6-7-23-10-15(21-17(23)8-12)19(25)20-13-4-5-14(16(9-13)27-3)22-18(24)11-26-2/h4-10H,11H2,1-3H3,(H,20,25)(H,22,24). The van der Waals surface area contributed by atoms with Crippen molar-refractivity contribution in [3.05, 3.63) is 54.0 Å². The van der Waals surface area contributed by atoms with Gasteiger partial charge in [0.15, 0.2) is 0 Å². The fraction of sp³-hybridized carbons (Fsp3) is 0.211. The van der Waals surface area contributed by atoms with Crippen LogP contribution in [0.15, 0.2) is 42.7 Å². The normalized spacial score (nSPS) is 10.6. The van der Waals surface area contributed by atoms with Gasteiger partial charge in [0.1, 0.15) is 23.7 Å². The van der Waals surface area contributed by atoms with E-state index in [2.05, 4.69) is 15.6 Å². The van der Waals surface area contributed by atoms with E-state index in [0.29, 0.717) is 28.5 Å². The highest BCUT2D eigenvalue weighted by Gasteiger charge is 2.13. The van der Waals surface area contributed by atoms with E-state index in [0.717, 1.165) is 5.56 Å². The molecule has 0 spiro atoms. The molecule has 0 aliphatic rings. The number of carbonyl (C=O) groups is 2. The molecule has 8 nitrogen and oxygen atoms in total. The Balaban J connectivity index is 1.77. The zero-order chi connectivity index (χ0) is 19.4. The van der Waals surface area contributed by atoms with Gasteiger partial charge in [0, 0.05) is 31.3 Å². The molecule has 2 amide bonds. The van der Waals surface area contributed by atoms with Gasteiger partial charge in [0.25, 0.3) is 5.91 Å². The number of amides is 2. The number of methoxy groups -OCH3 is 2. The molecule has 1 aromatic carbocycles. The van der Waals surface area contributed by atoms with Crippen LogP contribution in [0.4, 0.5) is 11.4 Å². The number of nitrogens with one attached hydrogen (secondary N) is 2. The van der Waals surface area contributed by atoms with Crippen LogP contribution < -0.4 is 15.4 Å². The number of hydrogen-bond donors (Lipinski definition) is 2. The van der Waals surface area contributed by atoms with E-state index < -0.39 is 0 Å². The van der Waals surface area contributed by atoms with E-state index >= 15 is 0 Å². The quantitative estimate of drug-likeness (QED) is 0.697. The third-order valence-electron chi connectivity index (χ3n) is 3.86. The molecule has 0 aliphatic carbocycles. The fourth-order valence-electron chi connectivity index (χ4n) is 2.58. The monoisotopic (exact) mass is 368 g/mol. The van der Waals surface area contributed by atoms with Crippen LogP contribution >= 0.6 is 0 Å². The number of pyridine rings is 1. The van der Waals surface area contributed by atoms with Crippen molar-refractivity contribution < 1.29 is 19.1 Å². The highest BCUT2D eigenvalue weighted by Crippen LogP contribution is 2.28. The summed E-state index contributed by atoms with van der Waals surface area (Å²) in [6.45, 7) is 1.91. The van der Waals surface area contributed by atoms with Crippen LogP contribution in [0.2, 0.25) is 0 Å². The van der Waals surface area contributed by atoms with Gasteiger partial charge in [-0.2, -0.15) is 0 Å². The number of anilines is 2. The molecule has 0 unspecified atom stereocenters. The van der Waals surface area contributed by atoms with E-state index in [-0.39, 0.29) is 18.4 Å². The summed E-state index contributed by atoms with van der Waals surface area (Å²) in [5.41, 5.74) is 3.08. The third kappa shape index (κ3) is 4.24. The Kier molecular flexibility index (Phi) is 5.37. The second-order valence-corrected chi connectivity index (χ2v) is 5.95. The minimum absolute atomic E-state index is 0.0605. The lowest BCUT2D eigenvalue weighted by atomic mass is 10.2. The number of ether oxygens (including phenoxy) is 2. The number of aryl methyl sites for hydroxylation is 1. The van der Waals surface area contributed by atoms with Crippen LogP contribution in [0, 0.1) is 6.92 Å². The molecule has 140 valence electrons. The van der Waals surface area contributed by atoms with Crippen molar-refractivity contribution in [1.82, 2.24) is 9.38 Å². The summed E-state index contributed by atoms with van der Waals surface area (Å²) in [5, 5.41) is 5.46. The summed E-state index contributed by atoms with van der Waals surface area (Å²) < 4.78 is 11.9. The smallest absolute Gasteiger partial charge is 0.275 e. The minimum Gasteiger partial charge on any atom is -0.494 e. The highest BCUT2D eigenvalue weighted by atomic mass is 16.5. The first-order valence-corrected chi connectivity index (χ1v) is 8.23. The summed E-state index contributed by atoms with van der Waals surface area (Å²) in [7, 11) is 2.92. The Morgan fingerprint density at radius 2 is 1.96 bits per heavy atom. The number of aromatic nitrogens is 2. The van der Waals surface area contributed by atoms with Gasteiger partial charge in [0.05, 0.1) is 12.8 Å². The average molecular weight is 368 g/mol. The molecule has 8 heteroatoms. The SMILES string of the molecule is COCC(=O)Nc1ccc(NC(=O)c2cn3ccc(C)cc3n2)cc1OC. The van der Waals surface area contributed by atoms with Gasteiger partial charge >= 0.3 is 0 Å². The largest absolute Gasteiger partial charge is 0.494 e. The second-order valence-electron chi connectivity index (χ2n) is 5.95. The number of imidazole rings is 1. The van der Waals surface area contributed by atoms with Crippen LogP contribution in [0.3, 0.4) is 0 Å². The molecule has 0 atom stereocenters. The van der Waals surface area contributed by atoms with E-state index in [1.165, 1.54) is 14.2 Å². The molecule has 2 N–H and O–H groups in total. The maximum absolute atomic E-state index is 12.5. The molecule has 27 heavy (non-hydrogen) atoms. The third-order valence-corrected chi connectivity index (χ3v) is 3.86. The van der Waals surface area contributed by atoms with Crippen LogP contribution in [0.1, 0.15) is 16.1 Å². The highest BCUT2D eigenvalue weighted by molar-refractivity contribution is 6.03. The zero-order valence-electron chi connectivity index (χ0n) is 15.3. The van der Waals surface area contributed by atoms with Gasteiger partial charge in [-0.1, -0.05) is 0 Å². The molecule has 0 bridgehead atoms. The Hall–Kier alpha value is -3.39. The lowest BCUT2D eigenvalue weighted by molar-refractivity contribution is -0.119. The van der Waals surface area contributed by atoms with Crippen molar-refractivity contribution in [2.24, 2.45) is 0 Å². The first kappa shape index (κ1) is 18.4. The summed E-state index contributed by atoms with van der Waals surface area (Å²) in [4.78, 5) is 28.5. The lowest BCUT2D eigenvalue weighted by Crippen LogP contribution is -2.18. The second kappa shape index (κ2) is 7.88. The van der Waals surface area contributed by atoms with Crippen molar-refractivity contribution in [2.75, 3.05) is 31.5 Å². The molecule has 3 rings (SSSR count). The number of nitrogens with zero attached hydrogens (tertiary/aromatic N) is 2. The van der Waals surface area contributed by atoms with Crippen molar-refractivity contribution in [3.8, 4) is 5.75 Å². The summed E-state index contributed by atoms with van der Waals surface area (Å²) in [6, 6.07) is 8.78. The van der Waals surface area contributed by atoms with Gasteiger partial charge in [0.2, 0.25) is 5.91 Å². The maximum atomic E-state index is 12.5. The number of fused-ring (bicyclic) bond motifs is 1. The summed E-state index contributed by atoms with van der Waals surface area (Å²) in [5.74, 6) is -0.218. The number of benzene rings is 1. The summed E-state index contributed by atoms with van der Waals surface area (Å²) in [6.07, 6.45) is 3.52. The van der Waals surface area contributed by atoms with E-state index in [1.807, 2.05) is 25.3 Å². The molecule has 3 aromatic rings. The van der Waals surface area contributed by atoms with Crippen LogP contribution in [0.25, 0.3) is 5.65 Å². The fourth-order valence-corrected chi connectivity index (χ4v) is 2.58. The zero-order valence-corrected chi connectivity index (χ0v) is 15.3. The first-order valence-electron chi connectivity index (χ1n) is 8.23. The van der Waals surface area contributed by atoms with Gasteiger partial charge in [-0.25, -0.2) is 4.98 Å². The maximum Gasteiger partial charge on any atom is 0.275 e. The van der Waals surface area contributed by atoms with Crippen LogP contribution in [-0.2, 0) is 9.53 Å². The van der Waals surface area contributed by atoms with Gasteiger partial charge in [-0.05, 0) is 36.8 Å². The van der Waals surface area contributed by atoms with Gasteiger partial charge < -0.3 is 24.5 Å². The average Bonchev–Trinajstić information content (AvgIpc) is 3.06.